The van der Waals surface area contributed by atoms with E-state index in [0.29, 0.717) is 0 Å². The van der Waals surface area contributed by atoms with E-state index in [9.17, 15) is 5.11 Å². The Labute approximate surface area is 101 Å². The van der Waals surface area contributed by atoms with E-state index in [-0.39, 0.29) is 44.3 Å². The molecule has 0 aliphatic carbocycles. The van der Waals surface area contributed by atoms with E-state index < -0.39 is 0 Å². The van der Waals surface area contributed by atoms with Crippen LogP contribution in [0, 0.1) is 4.58 Å². The molecule has 5 heteroatoms. The van der Waals surface area contributed by atoms with Gasteiger partial charge < -0.3 is 28.6 Å². The monoisotopic (exact) mass is 176 g/mol. The van der Waals surface area contributed by atoms with Gasteiger partial charge in [-0.05, 0) is 17.9 Å². The first-order valence-corrected chi connectivity index (χ1v) is 5.10. The third kappa shape index (κ3) is 6.97. The summed E-state index contributed by atoms with van der Waals surface area (Å²) in [6, 6.07) is 0. The fourth-order valence-electron chi connectivity index (χ4n) is 0.700. The molecule has 0 aromatic carbocycles. The molecule has 0 aromatic rings. The van der Waals surface area contributed by atoms with E-state index in [0.717, 1.165) is 6.42 Å². The Balaban J connectivity index is 0. The van der Waals surface area contributed by atoms with Gasteiger partial charge in [0, 0.05) is 0 Å². The van der Waals surface area contributed by atoms with Gasteiger partial charge in [-0.3, -0.25) is 0 Å². The topological polar surface area (TPSA) is 23.1 Å². The quantitative estimate of drug-likeness (QED) is 0.311. The number of thioether (sulfide) groups is 2. The fraction of sp³-hybridized carbons (Fsp3) is 0.833. The predicted octanol–water partition coefficient (Wildman–Crippen LogP) is -4.90. The summed E-state index contributed by atoms with van der Waals surface area (Å²) >= 11 is 3.73. The third-order valence-corrected chi connectivity index (χ3v) is 3.87. The summed E-state index contributed by atoms with van der Waals surface area (Å²) in [6.07, 6.45) is 2.08. The molecule has 54 valence electrons. The van der Waals surface area contributed by atoms with Crippen LogP contribution in [0.3, 0.4) is 0 Å². The van der Waals surface area contributed by atoms with Gasteiger partial charge in [-0.25, -0.2) is 4.58 Å². The molecule has 1 aliphatic heterocycles. The predicted molar refractivity (Wildman–Crippen MR) is 42.3 cm³/mol. The zero-order valence-corrected chi connectivity index (χ0v) is 8.89. The van der Waals surface area contributed by atoms with Crippen LogP contribution in [0.2, 0.25) is 0 Å². The first-order chi connectivity index (χ1) is 4.43. The van der Waals surface area contributed by atoms with E-state index in [1.54, 1.807) is 0 Å². The van der Waals surface area contributed by atoms with E-state index >= 15 is 0 Å². The second-order valence-electron chi connectivity index (χ2n) is 1.88. The van der Waals surface area contributed by atoms with Crippen LogP contribution in [-0.4, -0.2) is 18.1 Å². The van der Waals surface area contributed by atoms with Crippen LogP contribution < -0.4 is 42.8 Å². The second-order valence-corrected chi connectivity index (χ2v) is 4.51. The van der Waals surface area contributed by atoms with Crippen molar-refractivity contribution in [3.05, 3.63) is 4.58 Å². The van der Waals surface area contributed by atoms with Crippen LogP contribution in [0.5, 0.6) is 0 Å². The molecule has 0 bridgehead atoms. The molecular weight excluding hydrogens is 166 g/mol. The maximum atomic E-state index is 10.2. The van der Waals surface area contributed by atoms with Crippen molar-refractivity contribution in [2.75, 3.05) is 18.1 Å². The van der Waals surface area contributed by atoms with Crippen molar-refractivity contribution in [2.45, 2.75) is 12.8 Å². The Morgan fingerprint density at radius 3 is 2.18 bits per heavy atom. The summed E-state index contributed by atoms with van der Waals surface area (Å²) in [7, 11) is 0. The normalized spacial score (nSPS) is 18.3. The molecule has 1 saturated heterocycles. The molecule has 1 rings (SSSR count). The first-order valence-electron chi connectivity index (χ1n) is 3.13. The second kappa shape index (κ2) is 9.94. The minimum Gasteiger partial charge on any atom is -0.856 e. The van der Waals surface area contributed by atoms with Gasteiger partial charge in [-0.1, -0.05) is 0 Å². The van der Waals surface area contributed by atoms with Crippen molar-refractivity contribution in [1.82, 2.24) is 0 Å². The molecule has 11 heavy (non-hydrogen) atoms. The van der Waals surface area contributed by atoms with Crippen LogP contribution in [0.1, 0.15) is 12.8 Å². The molecule has 0 N–H and O–H groups in total. The Hall–Kier alpha value is 1.85. The van der Waals surface area contributed by atoms with E-state index in [2.05, 4.69) is 0 Å². The fourth-order valence-corrected chi connectivity index (χ4v) is 3.20. The van der Waals surface area contributed by atoms with E-state index in [4.69, 9.17) is 0 Å². The van der Waals surface area contributed by atoms with E-state index in [1.807, 2.05) is 23.5 Å². The molecular formula is C6H10Li2OS2. The first kappa shape index (κ1) is 15.3. The van der Waals surface area contributed by atoms with Crippen LogP contribution in [0.15, 0.2) is 0 Å². The zero-order valence-electron chi connectivity index (χ0n) is 7.26. The molecule has 1 nitrogen and oxygen atoms in total. The van der Waals surface area contributed by atoms with Crippen molar-refractivity contribution in [2.24, 2.45) is 0 Å². The van der Waals surface area contributed by atoms with Gasteiger partial charge in [0.2, 0.25) is 0 Å². The third-order valence-electron chi connectivity index (χ3n) is 1.12. The minimum atomic E-state index is 0. The Bertz CT molecular complexity index is 76.2. The summed E-state index contributed by atoms with van der Waals surface area (Å²) in [5.41, 5.74) is 0. The molecule has 1 fully saturated rings. The van der Waals surface area contributed by atoms with Crippen LogP contribution in [0.25, 0.3) is 0 Å². The summed E-state index contributed by atoms with van der Waals surface area (Å²) in [4.78, 5) is 0. The van der Waals surface area contributed by atoms with Crippen molar-refractivity contribution >= 4 is 23.5 Å². The summed E-state index contributed by atoms with van der Waals surface area (Å²) < 4.78 is 1.36. The van der Waals surface area contributed by atoms with Crippen LogP contribution in [-0.2, 0) is 0 Å². The van der Waals surface area contributed by atoms with Gasteiger partial charge >= 0.3 is 37.7 Å². The van der Waals surface area contributed by atoms with E-state index in [1.165, 1.54) is 22.5 Å². The maximum Gasteiger partial charge on any atom is 1.00 e. The van der Waals surface area contributed by atoms with Crippen molar-refractivity contribution in [1.29, 1.82) is 0 Å². The van der Waals surface area contributed by atoms with Crippen LogP contribution >= 0.6 is 23.5 Å². The average molecular weight is 176 g/mol. The molecule has 0 radical (unpaired) electrons. The van der Waals surface area contributed by atoms with Gasteiger partial charge in [-0.2, -0.15) is 13.0 Å². The minimum absolute atomic E-state index is 0. The van der Waals surface area contributed by atoms with Crippen molar-refractivity contribution in [3.63, 3.8) is 0 Å². The standard InChI is InChI=1S/C6H10OS2.2Li/c7-3-2-6-8-4-1-5-9-6;;/h1-5H2;;/q-2;2*+1. The number of rotatable bonds is 2. The molecule has 1 aliphatic rings. The molecule has 0 atom stereocenters. The Morgan fingerprint density at radius 2 is 1.73 bits per heavy atom. The summed E-state index contributed by atoms with van der Waals surface area (Å²) in [5, 5.41) is 10.2. The van der Waals surface area contributed by atoms with Crippen molar-refractivity contribution < 1.29 is 42.8 Å². The molecule has 0 saturated carbocycles. The molecule has 1 heterocycles. The molecule has 0 spiro atoms. The number of hydrogen-bond acceptors (Lipinski definition) is 3. The zero-order chi connectivity index (χ0) is 6.53. The average Bonchev–Trinajstić information content (AvgIpc) is 1.91. The smallest absolute Gasteiger partial charge is 0.856 e. The van der Waals surface area contributed by atoms with Crippen molar-refractivity contribution in [3.8, 4) is 0 Å². The SMILES string of the molecule is [Li+].[Li+].[O-]CC[C-]1SCCCS1. The van der Waals surface area contributed by atoms with Gasteiger partial charge in [0.15, 0.2) is 0 Å². The van der Waals surface area contributed by atoms with Gasteiger partial charge in [0.05, 0.1) is 0 Å². The summed E-state index contributed by atoms with van der Waals surface area (Å²) in [6.45, 7) is 0.0648. The maximum absolute atomic E-state index is 10.2. The largest absolute Gasteiger partial charge is 1.00 e. The Morgan fingerprint density at radius 1 is 1.18 bits per heavy atom. The molecule has 0 aromatic heterocycles. The van der Waals surface area contributed by atoms with Gasteiger partial charge in [0.1, 0.15) is 0 Å². The van der Waals surface area contributed by atoms with Gasteiger partial charge in [-0.15, -0.1) is 0 Å². The van der Waals surface area contributed by atoms with Crippen LogP contribution in [0.4, 0.5) is 0 Å². The summed E-state index contributed by atoms with van der Waals surface area (Å²) in [5.74, 6) is 2.45. The molecule has 0 unspecified atom stereocenters. The Kier molecular flexibility index (Phi) is 13.9. The van der Waals surface area contributed by atoms with Gasteiger partial charge in [0.25, 0.3) is 0 Å². The molecule has 0 amide bonds. The number of hydrogen-bond donors (Lipinski definition) is 0.